The van der Waals surface area contributed by atoms with Gasteiger partial charge in [-0.2, -0.15) is 0 Å². The molecule has 2 aromatic rings. The summed E-state index contributed by atoms with van der Waals surface area (Å²) in [4.78, 5) is 4.69. The largest absolute Gasteiger partial charge is 0.370 e. The highest BCUT2D eigenvalue weighted by molar-refractivity contribution is 7.89. The third kappa shape index (κ3) is 3.92. The van der Waals surface area contributed by atoms with Gasteiger partial charge in [0.05, 0.1) is 10.4 Å². The molecule has 0 aliphatic heterocycles. The monoisotopic (exact) mass is 307 g/mol. The van der Waals surface area contributed by atoms with Gasteiger partial charge in [-0.1, -0.05) is 0 Å². The highest BCUT2D eigenvalue weighted by Gasteiger charge is 2.22. The van der Waals surface area contributed by atoms with Gasteiger partial charge in [-0.15, -0.1) is 0 Å². The highest BCUT2D eigenvalue weighted by atomic mass is 32.2. The van der Waals surface area contributed by atoms with E-state index in [2.05, 4.69) is 15.0 Å². The Morgan fingerprint density at radius 3 is 2.48 bits per heavy atom. The van der Waals surface area contributed by atoms with E-state index in [0.717, 1.165) is 23.3 Å². The Balaban J connectivity index is 2.42. The summed E-state index contributed by atoms with van der Waals surface area (Å²) in [5.41, 5.74) is 0.254. The van der Waals surface area contributed by atoms with Crippen molar-refractivity contribution in [2.24, 2.45) is 0 Å². The van der Waals surface area contributed by atoms with Crippen molar-refractivity contribution in [3.63, 3.8) is 0 Å². The molecule has 1 aromatic carbocycles. The fourth-order valence-electron chi connectivity index (χ4n) is 2.01. The molecule has 0 amide bonds. The van der Waals surface area contributed by atoms with E-state index < -0.39 is 15.6 Å². The van der Waals surface area contributed by atoms with Crippen LogP contribution in [0, 0.1) is 0 Å². The first-order chi connectivity index (χ1) is 9.71. The molecule has 114 valence electrons. The van der Waals surface area contributed by atoms with E-state index in [4.69, 9.17) is 0 Å². The smallest absolute Gasteiger partial charge is 0.241 e. The number of pyridine rings is 1. The van der Waals surface area contributed by atoms with Crippen LogP contribution in [0.15, 0.2) is 35.2 Å². The molecule has 21 heavy (non-hydrogen) atoms. The van der Waals surface area contributed by atoms with Crippen molar-refractivity contribution in [2.75, 3.05) is 11.9 Å². The second-order valence-corrected chi connectivity index (χ2v) is 7.62. The second kappa shape index (κ2) is 5.61. The van der Waals surface area contributed by atoms with E-state index in [0.29, 0.717) is 0 Å². The van der Waals surface area contributed by atoms with Gasteiger partial charge in [-0.25, -0.2) is 18.1 Å². The van der Waals surface area contributed by atoms with E-state index in [1.165, 1.54) is 0 Å². The molecule has 0 unspecified atom stereocenters. The van der Waals surface area contributed by atoms with Crippen LogP contribution in [0.4, 0.5) is 5.82 Å². The topological polar surface area (TPSA) is 71.1 Å². The first-order valence-electron chi connectivity index (χ1n) is 6.90. The Bertz CT molecular complexity index is 749. The summed E-state index contributed by atoms with van der Waals surface area (Å²) in [5, 5.41) is 3.93. The predicted molar refractivity (Wildman–Crippen MR) is 86.0 cm³/mol. The number of sulfonamides is 1. The van der Waals surface area contributed by atoms with Crippen LogP contribution in [-0.4, -0.2) is 25.5 Å². The number of anilines is 1. The Morgan fingerprint density at radius 1 is 1.14 bits per heavy atom. The van der Waals surface area contributed by atoms with Crippen molar-refractivity contribution in [3.8, 4) is 0 Å². The molecular formula is C15H21N3O2S. The molecule has 0 spiro atoms. The quantitative estimate of drug-likeness (QED) is 0.911. The van der Waals surface area contributed by atoms with E-state index in [9.17, 15) is 8.42 Å². The minimum atomic E-state index is -3.52. The molecule has 2 N–H and O–H groups in total. The van der Waals surface area contributed by atoms with Crippen LogP contribution in [0.1, 0.15) is 27.7 Å². The molecule has 2 rings (SSSR count). The molecule has 1 aromatic heterocycles. The number of nitrogens with one attached hydrogen (secondary N) is 2. The van der Waals surface area contributed by atoms with Crippen molar-refractivity contribution in [1.29, 1.82) is 0 Å². The molecule has 0 fully saturated rings. The Hall–Kier alpha value is -1.66. The van der Waals surface area contributed by atoms with Crippen LogP contribution in [0.5, 0.6) is 0 Å². The molecule has 5 nitrogen and oxygen atoms in total. The summed E-state index contributed by atoms with van der Waals surface area (Å²) in [6.07, 6.45) is 0. The first-order valence-corrected chi connectivity index (χ1v) is 8.38. The lowest BCUT2D eigenvalue weighted by Crippen LogP contribution is -2.40. The lowest BCUT2D eigenvalue weighted by atomic mass is 10.1. The average molecular weight is 307 g/mol. The number of benzene rings is 1. The van der Waals surface area contributed by atoms with Crippen molar-refractivity contribution in [2.45, 2.75) is 38.1 Å². The van der Waals surface area contributed by atoms with E-state index >= 15 is 0 Å². The maximum absolute atomic E-state index is 12.3. The summed E-state index contributed by atoms with van der Waals surface area (Å²) in [6.45, 7) is 8.24. The zero-order chi connectivity index (χ0) is 15.7. The van der Waals surface area contributed by atoms with Crippen LogP contribution in [0.3, 0.4) is 0 Å². The van der Waals surface area contributed by atoms with E-state index in [1.54, 1.807) is 18.2 Å². The fraction of sp³-hybridized carbons (Fsp3) is 0.400. The second-order valence-electron chi connectivity index (χ2n) is 5.94. The molecule has 0 aliphatic rings. The lowest BCUT2D eigenvalue weighted by molar-refractivity contribution is 0.491. The molecule has 0 radical (unpaired) electrons. The average Bonchev–Trinajstić information content (AvgIpc) is 2.35. The minimum absolute atomic E-state index is 0.253. The third-order valence-corrected chi connectivity index (χ3v) is 4.53. The highest BCUT2D eigenvalue weighted by Crippen LogP contribution is 2.20. The standard InChI is InChI=1S/C15H21N3O2S/c1-5-16-14-9-6-11-10-12(7-8-13(11)17-14)21(19,20)18-15(2,3)4/h6-10,18H,5H2,1-4H3,(H,16,17). The Labute approximate surface area is 125 Å². The lowest BCUT2D eigenvalue weighted by Gasteiger charge is -2.20. The summed E-state index contributed by atoms with van der Waals surface area (Å²) < 4.78 is 27.3. The molecule has 6 heteroatoms. The van der Waals surface area contributed by atoms with Crippen LogP contribution in [-0.2, 0) is 10.0 Å². The van der Waals surface area contributed by atoms with Gasteiger partial charge in [0.25, 0.3) is 0 Å². The zero-order valence-electron chi connectivity index (χ0n) is 12.8. The van der Waals surface area contributed by atoms with Gasteiger partial charge in [-0.05, 0) is 58.0 Å². The third-order valence-electron chi connectivity index (χ3n) is 2.77. The summed E-state index contributed by atoms with van der Waals surface area (Å²) in [7, 11) is -3.52. The van der Waals surface area contributed by atoms with Gasteiger partial charge < -0.3 is 5.32 Å². The molecule has 0 aliphatic carbocycles. The molecule has 0 saturated carbocycles. The molecule has 0 atom stereocenters. The van der Waals surface area contributed by atoms with E-state index in [1.807, 2.05) is 39.8 Å². The molecule has 0 saturated heterocycles. The van der Waals surface area contributed by atoms with E-state index in [-0.39, 0.29) is 4.90 Å². The van der Waals surface area contributed by atoms with Gasteiger partial charge in [0.15, 0.2) is 0 Å². The number of hydrogen-bond donors (Lipinski definition) is 2. The fourth-order valence-corrected chi connectivity index (χ4v) is 3.47. The maximum Gasteiger partial charge on any atom is 0.241 e. The van der Waals surface area contributed by atoms with Crippen LogP contribution in [0.25, 0.3) is 10.9 Å². The number of fused-ring (bicyclic) bond motifs is 1. The van der Waals surface area contributed by atoms with Gasteiger partial charge in [0, 0.05) is 17.5 Å². The van der Waals surface area contributed by atoms with Crippen molar-refractivity contribution in [1.82, 2.24) is 9.71 Å². The van der Waals surface area contributed by atoms with Crippen LogP contribution < -0.4 is 10.0 Å². The summed E-state index contributed by atoms with van der Waals surface area (Å²) >= 11 is 0. The van der Waals surface area contributed by atoms with Gasteiger partial charge in [0.1, 0.15) is 5.82 Å². The van der Waals surface area contributed by atoms with Crippen molar-refractivity contribution < 1.29 is 8.42 Å². The normalized spacial score (nSPS) is 12.6. The van der Waals surface area contributed by atoms with Crippen LogP contribution in [0.2, 0.25) is 0 Å². The Morgan fingerprint density at radius 2 is 1.86 bits per heavy atom. The predicted octanol–water partition coefficient (Wildman–Crippen LogP) is 2.74. The zero-order valence-corrected chi connectivity index (χ0v) is 13.6. The number of rotatable bonds is 4. The van der Waals surface area contributed by atoms with Crippen LogP contribution >= 0.6 is 0 Å². The van der Waals surface area contributed by atoms with Crippen molar-refractivity contribution >= 4 is 26.7 Å². The molecule has 1 heterocycles. The van der Waals surface area contributed by atoms with Crippen molar-refractivity contribution in [3.05, 3.63) is 30.3 Å². The first kappa shape index (κ1) is 15.7. The van der Waals surface area contributed by atoms with Gasteiger partial charge in [-0.3, -0.25) is 0 Å². The maximum atomic E-state index is 12.3. The minimum Gasteiger partial charge on any atom is -0.370 e. The number of hydrogen-bond acceptors (Lipinski definition) is 4. The number of nitrogens with zero attached hydrogens (tertiary/aromatic N) is 1. The van der Waals surface area contributed by atoms with Gasteiger partial charge in [0.2, 0.25) is 10.0 Å². The SMILES string of the molecule is CCNc1ccc2cc(S(=O)(=O)NC(C)(C)C)ccc2n1. The number of aromatic nitrogens is 1. The summed E-state index contributed by atoms with van der Waals surface area (Å²) in [6, 6.07) is 8.68. The molecule has 0 bridgehead atoms. The summed E-state index contributed by atoms with van der Waals surface area (Å²) in [5.74, 6) is 0.786. The Kier molecular flexibility index (Phi) is 4.20. The molecular weight excluding hydrogens is 286 g/mol. The van der Waals surface area contributed by atoms with Gasteiger partial charge >= 0.3 is 0 Å².